The van der Waals surface area contributed by atoms with Crippen molar-refractivity contribution in [3.05, 3.63) is 126 Å². The van der Waals surface area contributed by atoms with Gasteiger partial charge < -0.3 is 26.8 Å². The van der Waals surface area contributed by atoms with E-state index in [1.807, 2.05) is 62.4 Å². The van der Waals surface area contributed by atoms with Gasteiger partial charge in [-0.05, 0) is 81.4 Å². The van der Waals surface area contributed by atoms with Crippen molar-refractivity contribution in [2.24, 2.45) is 0 Å². The average Bonchev–Trinajstić information content (AvgIpc) is 3.63. The van der Waals surface area contributed by atoms with E-state index >= 15 is 0 Å². The van der Waals surface area contributed by atoms with Crippen molar-refractivity contribution < 1.29 is 13.5 Å². The molecule has 0 spiro atoms. The molecule has 0 fully saturated rings. The molecule has 8 aromatic rings. The van der Waals surface area contributed by atoms with E-state index < -0.39 is 0 Å². The Hall–Kier alpha value is -7.16. The Bertz CT molecular complexity index is 2590. The number of anilines is 6. The van der Waals surface area contributed by atoms with Crippen molar-refractivity contribution in [2.45, 2.75) is 20.8 Å². The van der Waals surface area contributed by atoms with E-state index in [9.17, 15) is 8.78 Å². The van der Waals surface area contributed by atoms with Crippen LogP contribution in [0.5, 0.6) is 5.75 Å². The molecule has 6 N–H and O–H groups in total. The molecule has 0 atom stereocenters. The topological polar surface area (TPSA) is 173 Å². The van der Waals surface area contributed by atoms with Gasteiger partial charge in [-0.2, -0.15) is 19.9 Å². The lowest BCUT2D eigenvalue weighted by molar-refractivity contribution is 0.415. The smallest absolute Gasteiger partial charge is 0.239 e. The van der Waals surface area contributed by atoms with E-state index in [1.165, 1.54) is 29.8 Å². The molecule has 0 saturated heterocycles. The number of benzene rings is 4. The molecule has 0 aliphatic carbocycles. The van der Waals surface area contributed by atoms with Crippen LogP contribution in [0.15, 0.2) is 97.1 Å². The summed E-state index contributed by atoms with van der Waals surface area (Å²) in [5.74, 6) is 3.65. The van der Waals surface area contributed by atoms with Crippen molar-refractivity contribution >= 4 is 56.7 Å². The van der Waals surface area contributed by atoms with E-state index in [4.69, 9.17) is 16.2 Å². The fourth-order valence-electron chi connectivity index (χ4n) is 5.68. The zero-order valence-electron chi connectivity index (χ0n) is 29.1. The summed E-state index contributed by atoms with van der Waals surface area (Å²) in [6.07, 6.45) is 0. The Balaban J connectivity index is 0.000000164. The lowest BCUT2D eigenvalue weighted by atomic mass is 10.2. The number of fused-ring (bicyclic) bond motifs is 2. The second kappa shape index (κ2) is 14.2. The zero-order valence-corrected chi connectivity index (χ0v) is 29.1. The minimum Gasteiger partial charge on any atom is -0.497 e. The van der Waals surface area contributed by atoms with Crippen LogP contribution in [0.1, 0.15) is 17.2 Å². The highest BCUT2D eigenvalue weighted by Crippen LogP contribution is 2.26. The summed E-state index contributed by atoms with van der Waals surface area (Å²) in [4.78, 5) is 26.5. The molecule has 0 aliphatic rings. The predicted molar refractivity (Wildman–Crippen MR) is 202 cm³/mol. The predicted octanol–water partition coefficient (Wildman–Crippen LogP) is 7.49. The van der Waals surface area contributed by atoms with Crippen LogP contribution in [0.25, 0.3) is 34.0 Å². The van der Waals surface area contributed by atoms with Crippen molar-refractivity contribution in [3.8, 4) is 17.6 Å². The highest BCUT2D eigenvalue weighted by molar-refractivity contribution is 5.79. The van der Waals surface area contributed by atoms with Crippen LogP contribution in [0.3, 0.4) is 0 Å². The molecular formula is C38H34F2N12O. The first-order valence-electron chi connectivity index (χ1n) is 16.4. The fraction of sp³-hybridized carbons (Fsp3) is 0.105. The SMILES string of the molecule is COc1ccc(Nc2cc(N)nc(-n3c(C)nc4ccc(F)cc43)n2)cc1.Cc1ccc(Nc2cc(N)nc(-n3c(C)nc4ccc(F)cc43)n2)cc1. The normalized spacial score (nSPS) is 11.0. The van der Waals surface area contributed by atoms with Gasteiger partial charge in [0.05, 0.1) is 29.2 Å². The maximum atomic E-state index is 13.7. The van der Waals surface area contributed by atoms with Crippen LogP contribution in [-0.2, 0) is 0 Å². The number of halogens is 2. The monoisotopic (exact) mass is 712 g/mol. The quantitative estimate of drug-likeness (QED) is 0.129. The molecule has 53 heavy (non-hydrogen) atoms. The number of nitrogens with two attached hydrogens (primary N) is 2. The van der Waals surface area contributed by atoms with Crippen molar-refractivity contribution in [2.75, 3.05) is 29.2 Å². The number of aryl methyl sites for hydroxylation is 3. The summed E-state index contributed by atoms with van der Waals surface area (Å²) in [5.41, 5.74) is 17.3. The van der Waals surface area contributed by atoms with Gasteiger partial charge >= 0.3 is 0 Å². The third kappa shape index (κ3) is 7.49. The van der Waals surface area contributed by atoms with Gasteiger partial charge in [0, 0.05) is 35.6 Å². The second-order valence-electron chi connectivity index (χ2n) is 12.1. The molecule has 4 heterocycles. The number of nitrogens with zero attached hydrogens (tertiary/aromatic N) is 8. The third-order valence-corrected chi connectivity index (χ3v) is 8.12. The number of hydrogen-bond donors (Lipinski definition) is 4. The van der Waals surface area contributed by atoms with Crippen LogP contribution in [0, 0.1) is 32.4 Å². The molecule has 0 bridgehead atoms. The van der Waals surface area contributed by atoms with Crippen molar-refractivity contribution in [1.82, 2.24) is 39.0 Å². The molecular weight excluding hydrogens is 678 g/mol. The third-order valence-electron chi connectivity index (χ3n) is 8.12. The minimum atomic E-state index is -0.357. The highest BCUT2D eigenvalue weighted by Gasteiger charge is 2.16. The van der Waals surface area contributed by atoms with Gasteiger partial charge in [-0.25, -0.2) is 18.7 Å². The lowest BCUT2D eigenvalue weighted by Crippen LogP contribution is -2.08. The van der Waals surface area contributed by atoms with E-state index in [0.717, 1.165) is 17.1 Å². The summed E-state index contributed by atoms with van der Waals surface area (Å²) >= 11 is 0. The van der Waals surface area contributed by atoms with E-state index in [2.05, 4.69) is 40.5 Å². The molecule has 0 aliphatic heterocycles. The first kappa shape index (κ1) is 34.3. The molecule has 4 aromatic carbocycles. The van der Waals surface area contributed by atoms with Gasteiger partial charge in [-0.15, -0.1) is 0 Å². The Morgan fingerprint density at radius 2 is 0.981 bits per heavy atom. The van der Waals surface area contributed by atoms with Gasteiger partial charge in [0.1, 0.15) is 52.3 Å². The Morgan fingerprint density at radius 3 is 1.42 bits per heavy atom. The summed E-state index contributed by atoms with van der Waals surface area (Å²) in [6, 6.07) is 27.4. The number of nitrogens with one attached hydrogen (secondary N) is 2. The van der Waals surface area contributed by atoms with Gasteiger partial charge in [-0.1, -0.05) is 17.7 Å². The van der Waals surface area contributed by atoms with Gasteiger partial charge in [0.2, 0.25) is 11.9 Å². The summed E-state index contributed by atoms with van der Waals surface area (Å²) in [6.45, 7) is 5.65. The molecule has 0 saturated carbocycles. The first-order chi connectivity index (χ1) is 25.5. The van der Waals surface area contributed by atoms with Crippen molar-refractivity contribution in [3.63, 3.8) is 0 Å². The Labute approximate surface area is 302 Å². The summed E-state index contributed by atoms with van der Waals surface area (Å²) in [5, 5.41) is 6.40. The molecule has 0 radical (unpaired) electrons. The number of imidazole rings is 2. The molecule has 15 heteroatoms. The minimum absolute atomic E-state index is 0.286. The average molecular weight is 713 g/mol. The largest absolute Gasteiger partial charge is 0.497 e. The summed E-state index contributed by atoms with van der Waals surface area (Å²) < 4.78 is 35.9. The Morgan fingerprint density at radius 1 is 0.547 bits per heavy atom. The van der Waals surface area contributed by atoms with Gasteiger partial charge in [0.25, 0.3) is 0 Å². The molecule has 13 nitrogen and oxygen atoms in total. The first-order valence-corrected chi connectivity index (χ1v) is 16.4. The number of hydrogen-bond acceptors (Lipinski definition) is 11. The number of ether oxygens (including phenoxy) is 1. The number of aromatic nitrogens is 8. The zero-order chi connectivity index (χ0) is 37.2. The van der Waals surface area contributed by atoms with E-state index in [0.29, 0.717) is 63.1 Å². The number of nitrogen functional groups attached to an aromatic ring is 2. The van der Waals surface area contributed by atoms with Crippen LogP contribution < -0.4 is 26.8 Å². The molecule has 0 amide bonds. The van der Waals surface area contributed by atoms with Crippen LogP contribution in [0.4, 0.5) is 43.4 Å². The van der Waals surface area contributed by atoms with Crippen LogP contribution in [-0.4, -0.2) is 46.1 Å². The second-order valence-corrected chi connectivity index (χ2v) is 12.1. The maximum absolute atomic E-state index is 13.7. The fourth-order valence-corrected chi connectivity index (χ4v) is 5.68. The highest BCUT2D eigenvalue weighted by atomic mass is 19.1. The summed E-state index contributed by atoms with van der Waals surface area (Å²) in [7, 11) is 1.61. The molecule has 8 rings (SSSR count). The lowest BCUT2D eigenvalue weighted by Gasteiger charge is -2.11. The maximum Gasteiger partial charge on any atom is 0.239 e. The number of rotatable bonds is 7. The van der Waals surface area contributed by atoms with Gasteiger partial charge in [0.15, 0.2) is 0 Å². The van der Waals surface area contributed by atoms with Crippen LogP contribution >= 0.6 is 0 Å². The molecule has 4 aromatic heterocycles. The van der Waals surface area contributed by atoms with E-state index in [1.54, 1.807) is 47.4 Å². The number of methoxy groups -OCH3 is 1. The Kier molecular flexibility index (Phi) is 9.20. The van der Waals surface area contributed by atoms with Crippen LogP contribution in [0.2, 0.25) is 0 Å². The molecule has 266 valence electrons. The van der Waals surface area contributed by atoms with E-state index in [-0.39, 0.29) is 17.5 Å². The molecule has 0 unspecified atom stereocenters. The van der Waals surface area contributed by atoms with Crippen molar-refractivity contribution in [1.29, 1.82) is 0 Å². The standard InChI is InChI=1S/C19H17FN6O.C19H17FN6/c1-11-22-15-8-3-12(20)9-16(15)26(11)19-24-17(21)10-18(25-19)23-13-4-6-14(27-2)7-5-13;1-11-3-6-14(7-4-11)23-18-10-17(21)24-19(25-18)26-12(2)22-15-8-5-13(20)9-16(15)26/h3-10H,1-2H3,(H3,21,23,24,25);3-10H,1-2H3,(H3,21,23,24,25). The van der Waals surface area contributed by atoms with Gasteiger partial charge in [-0.3, -0.25) is 9.13 Å².